The number of aryl methyl sites for hydroxylation is 1. The van der Waals surface area contributed by atoms with E-state index in [0.717, 1.165) is 0 Å². The highest BCUT2D eigenvalue weighted by molar-refractivity contribution is 7.91. The molecular formula is C35H41F2N5O8S. The lowest BCUT2D eigenvalue weighted by Gasteiger charge is -2.38. The summed E-state index contributed by atoms with van der Waals surface area (Å²) >= 11 is 0. The molecule has 6 atom stereocenters. The highest BCUT2D eigenvalue weighted by Gasteiger charge is 2.64. The molecule has 3 fully saturated rings. The van der Waals surface area contributed by atoms with Crippen LogP contribution in [0.1, 0.15) is 88.6 Å². The predicted molar refractivity (Wildman–Crippen MR) is 179 cm³/mol. The number of aromatic nitrogens is 1. The Morgan fingerprint density at radius 1 is 1.14 bits per heavy atom. The zero-order valence-corrected chi connectivity index (χ0v) is 29.2. The second-order valence-electron chi connectivity index (χ2n) is 15.0. The van der Waals surface area contributed by atoms with E-state index < -0.39 is 79.7 Å². The molecule has 1 spiro atoms. The Kier molecular flexibility index (Phi) is 8.54. The van der Waals surface area contributed by atoms with Gasteiger partial charge in [-0.15, -0.1) is 0 Å². The maximum Gasteiger partial charge on any atom is 0.405 e. The average Bonchev–Trinajstić information content (AvgIpc) is 3.94. The Bertz CT molecular complexity index is 1970. The molecule has 5 aliphatic rings. The number of sulfonamides is 1. The summed E-state index contributed by atoms with van der Waals surface area (Å²) in [6.45, 7) is 2.85. The first kappa shape index (κ1) is 35.1. The largest absolute Gasteiger partial charge is 0.483 e. The Morgan fingerprint density at radius 2 is 1.90 bits per heavy atom. The van der Waals surface area contributed by atoms with Gasteiger partial charge in [0.2, 0.25) is 21.8 Å². The number of allylic oxidation sites excluding steroid dienone is 1. The van der Waals surface area contributed by atoms with Crippen LogP contribution in [0.25, 0.3) is 10.9 Å². The van der Waals surface area contributed by atoms with Crippen molar-refractivity contribution in [2.75, 3.05) is 6.54 Å². The number of rotatable bonds is 4. The molecule has 2 aromatic rings. The molecule has 4 amide bonds. The summed E-state index contributed by atoms with van der Waals surface area (Å²) in [5, 5.41) is 15.0. The third-order valence-corrected chi connectivity index (χ3v) is 13.4. The summed E-state index contributed by atoms with van der Waals surface area (Å²) in [4.78, 5) is 59.8. The van der Waals surface area contributed by atoms with Gasteiger partial charge >= 0.3 is 6.09 Å². The number of hydrogen-bond acceptors (Lipinski definition) is 8. The molecule has 16 heteroatoms. The van der Waals surface area contributed by atoms with Crippen molar-refractivity contribution in [3.63, 3.8) is 0 Å². The van der Waals surface area contributed by atoms with E-state index in [1.165, 1.54) is 23.1 Å². The average molecular weight is 730 g/mol. The number of fused-ring (bicyclic) bond motifs is 5. The van der Waals surface area contributed by atoms with Crippen molar-refractivity contribution in [3.8, 4) is 5.75 Å². The van der Waals surface area contributed by atoms with Crippen LogP contribution in [0.2, 0.25) is 0 Å². The van der Waals surface area contributed by atoms with Gasteiger partial charge in [0.05, 0.1) is 22.5 Å². The van der Waals surface area contributed by atoms with Gasteiger partial charge in [0.1, 0.15) is 41.0 Å². The molecule has 2 saturated carbocycles. The first-order chi connectivity index (χ1) is 24.1. The van der Waals surface area contributed by atoms with E-state index in [4.69, 9.17) is 4.74 Å². The van der Waals surface area contributed by atoms with Crippen LogP contribution in [0, 0.1) is 18.7 Å². The van der Waals surface area contributed by atoms with Crippen LogP contribution in [0.15, 0.2) is 30.4 Å². The van der Waals surface area contributed by atoms with E-state index in [-0.39, 0.29) is 54.8 Å². The number of pyridine rings is 1. The third-order valence-electron chi connectivity index (χ3n) is 11.2. The molecule has 1 saturated heterocycles. The normalized spacial score (nSPS) is 31.6. The number of nitrogens with zero attached hydrogens (tertiary/aromatic N) is 2. The predicted octanol–water partition coefficient (Wildman–Crippen LogP) is 3.85. The van der Waals surface area contributed by atoms with Crippen molar-refractivity contribution >= 4 is 44.7 Å². The van der Waals surface area contributed by atoms with E-state index in [1.54, 1.807) is 19.9 Å². The molecule has 13 nitrogen and oxygen atoms in total. The number of halogens is 2. The van der Waals surface area contributed by atoms with Crippen LogP contribution in [0.4, 0.5) is 13.6 Å². The van der Waals surface area contributed by atoms with Crippen molar-refractivity contribution < 1.29 is 46.2 Å². The van der Waals surface area contributed by atoms with Crippen LogP contribution in [-0.2, 0) is 24.4 Å². The molecule has 7 rings (SSSR count). The van der Waals surface area contributed by atoms with Crippen LogP contribution in [0.3, 0.4) is 0 Å². The van der Waals surface area contributed by atoms with Gasteiger partial charge in [-0.1, -0.05) is 25.0 Å². The fourth-order valence-corrected chi connectivity index (χ4v) is 9.17. The van der Waals surface area contributed by atoms with Crippen LogP contribution >= 0.6 is 0 Å². The first-order valence-electron chi connectivity index (χ1n) is 17.4. The Balaban J connectivity index is 1.25. The maximum atomic E-state index is 16.4. The number of carbonyl (C=O) groups is 4. The van der Waals surface area contributed by atoms with E-state index in [1.807, 2.05) is 6.08 Å². The Hall–Kier alpha value is -4.34. The fourth-order valence-electron chi connectivity index (χ4n) is 7.86. The molecule has 4 N–H and O–H groups in total. The Morgan fingerprint density at radius 3 is 2.63 bits per heavy atom. The molecular weight excluding hydrogens is 688 g/mol. The van der Waals surface area contributed by atoms with Gasteiger partial charge in [-0.25, -0.2) is 27.0 Å². The number of alkyl halides is 1. The lowest BCUT2D eigenvalue weighted by Crippen LogP contribution is -2.58. The summed E-state index contributed by atoms with van der Waals surface area (Å²) in [5.41, 5.74) is -2.36. The smallest absolute Gasteiger partial charge is 0.405 e. The molecule has 1 aromatic heterocycles. The quantitative estimate of drug-likeness (QED) is 0.340. The zero-order valence-electron chi connectivity index (χ0n) is 28.3. The van der Waals surface area contributed by atoms with Gasteiger partial charge in [-0.3, -0.25) is 19.1 Å². The summed E-state index contributed by atoms with van der Waals surface area (Å²) in [6.07, 6.45) is 3.66. The highest BCUT2D eigenvalue weighted by atomic mass is 32.2. The molecule has 3 aliphatic heterocycles. The molecule has 0 radical (unpaired) electrons. The highest BCUT2D eigenvalue weighted by Crippen LogP contribution is 2.51. The molecule has 2 unspecified atom stereocenters. The Labute approximate surface area is 293 Å². The maximum absolute atomic E-state index is 16.4. The van der Waals surface area contributed by atoms with Crippen LogP contribution in [-0.4, -0.2) is 81.7 Å². The van der Waals surface area contributed by atoms with Crippen molar-refractivity contribution in [2.45, 2.75) is 112 Å². The molecule has 51 heavy (non-hydrogen) atoms. The van der Waals surface area contributed by atoms with Crippen molar-refractivity contribution in [1.82, 2.24) is 25.2 Å². The number of benzene rings is 1. The number of hydrogen-bond donors (Lipinski definition) is 4. The summed E-state index contributed by atoms with van der Waals surface area (Å²) in [5.74, 6) is -3.30. The summed E-state index contributed by atoms with van der Waals surface area (Å²) in [7, 11) is -4.05. The van der Waals surface area contributed by atoms with E-state index >= 15 is 4.39 Å². The molecule has 1 aromatic carbocycles. The number of carboxylic acid groups (broad SMARTS) is 1. The van der Waals surface area contributed by atoms with E-state index in [2.05, 4.69) is 20.3 Å². The molecule has 4 heterocycles. The third kappa shape index (κ3) is 6.29. The standard InChI is InChI=1S/C35H41F2N5O8S/c1-19-28-27(22-11-10-21(36)14-25(22)38-19)23(37)16-34(50-28)17-26-29(43)40-35(31(45)41-51(48,49)33(2)12-13-33)15-20(35)8-6-4-3-5-7-9-24(39-32(46)47)30(44)42(26)18-34/h6,8,10-11,14,20,23-24,26,39H,3-5,7,9,12-13,15-18H2,1-2H3,(H,40,43)(H,41,45)(H,46,47)/t20-,23?,24+,26+,34?,35-/m1/s1. The van der Waals surface area contributed by atoms with Crippen LogP contribution < -0.4 is 20.1 Å². The number of nitrogens with one attached hydrogen (secondary N) is 3. The minimum absolute atomic E-state index is 0.116. The van der Waals surface area contributed by atoms with Gasteiger partial charge in [0.15, 0.2) is 0 Å². The first-order valence-corrected chi connectivity index (χ1v) is 18.8. The van der Waals surface area contributed by atoms with E-state index in [9.17, 15) is 37.1 Å². The summed E-state index contributed by atoms with van der Waals surface area (Å²) < 4.78 is 64.2. The zero-order chi connectivity index (χ0) is 36.5. The monoisotopic (exact) mass is 729 g/mol. The van der Waals surface area contributed by atoms with Gasteiger partial charge in [-0.05, 0) is 64.5 Å². The summed E-state index contributed by atoms with van der Waals surface area (Å²) in [6, 6.07) is 1.28. The second kappa shape index (κ2) is 12.4. The van der Waals surface area contributed by atoms with Gasteiger partial charge in [0.25, 0.3) is 5.91 Å². The van der Waals surface area contributed by atoms with Crippen molar-refractivity contribution in [1.29, 1.82) is 0 Å². The molecule has 274 valence electrons. The second-order valence-corrected chi connectivity index (χ2v) is 17.2. The SMILES string of the molecule is Cc1nc2cc(F)ccc2c2c1OC1(CC2F)C[C@H]2C(=O)N[C@]3(C(=O)NS(=O)(=O)C4(C)CC4)C[C@H]3C=CCCCCC[C@H](NC(=O)O)C(=O)N2C1. The topological polar surface area (TPSA) is 184 Å². The number of ether oxygens (including phenoxy) is 1. The van der Waals surface area contributed by atoms with Crippen molar-refractivity contribution in [3.05, 3.63) is 47.4 Å². The van der Waals surface area contributed by atoms with Crippen LogP contribution in [0.5, 0.6) is 5.75 Å². The van der Waals surface area contributed by atoms with Gasteiger partial charge in [0, 0.05) is 35.8 Å². The van der Waals surface area contributed by atoms with Gasteiger partial charge < -0.3 is 25.4 Å². The lowest BCUT2D eigenvalue weighted by atomic mass is 9.86. The lowest BCUT2D eigenvalue weighted by molar-refractivity contribution is -0.141. The van der Waals surface area contributed by atoms with Crippen molar-refractivity contribution in [2.24, 2.45) is 5.92 Å². The van der Waals surface area contributed by atoms with Gasteiger partial charge in [-0.2, -0.15) is 0 Å². The number of amides is 4. The number of carbonyl (C=O) groups excluding carboxylic acids is 3. The minimum Gasteiger partial charge on any atom is -0.483 e. The fraction of sp³-hybridized carbons (Fsp3) is 0.571. The molecule has 2 aliphatic carbocycles. The minimum atomic E-state index is -4.05. The van der Waals surface area contributed by atoms with E-state index in [0.29, 0.717) is 43.9 Å². The molecule has 0 bridgehead atoms.